The smallest absolute Gasteiger partial charge is 0.152 e. The maximum absolute atomic E-state index is 12.4. The molecule has 0 bridgehead atoms. The first-order valence-corrected chi connectivity index (χ1v) is 9.48. The van der Waals surface area contributed by atoms with E-state index in [1.165, 1.54) is 19.1 Å². The van der Waals surface area contributed by atoms with E-state index in [4.69, 9.17) is 10.5 Å². The average Bonchev–Trinajstić information content (AvgIpc) is 2.82. The van der Waals surface area contributed by atoms with E-state index in [1.54, 1.807) is 0 Å². The summed E-state index contributed by atoms with van der Waals surface area (Å²) in [6.07, 6.45) is 7.28. The van der Waals surface area contributed by atoms with Gasteiger partial charge in [-0.3, -0.25) is 4.79 Å². The fourth-order valence-corrected chi connectivity index (χ4v) is 4.11. The van der Waals surface area contributed by atoms with Crippen LogP contribution >= 0.6 is 0 Å². The van der Waals surface area contributed by atoms with Crippen LogP contribution in [0.2, 0.25) is 0 Å². The van der Waals surface area contributed by atoms with Crippen molar-refractivity contribution in [2.75, 3.05) is 18.6 Å². The SMILES string of the molecule is CS(=O)(=O)CCC(N)C(=O)C1CCOC2(CCCC2)C1. The minimum absolute atomic E-state index is 0.0169. The number of hydrogen-bond donors (Lipinski definition) is 1. The van der Waals surface area contributed by atoms with Crippen LogP contribution in [-0.4, -0.2) is 44.5 Å². The van der Waals surface area contributed by atoms with E-state index >= 15 is 0 Å². The van der Waals surface area contributed by atoms with Gasteiger partial charge in [-0.1, -0.05) is 12.8 Å². The highest BCUT2D eigenvalue weighted by Gasteiger charge is 2.42. The van der Waals surface area contributed by atoms with Gasteiger partial charge in [0.25, 0.3) is 0 Å². The molecule has 1 spiro atoms. The van der Waals surface area contributed by atoms with Gasteiger partial charge in [0.05, 0.1) is 17.4 Å². The standard InChI is InChI=1S/C14H25NO4S/c1-20(17,18)9-5-12(15)13(16)11-4-8-19-14(10-11)6-2-3-7-14/h11-12H,2-10,15H2,1H3. The Bertz CT molecular complexity index is 454. The predicted molar refractivity (Wildman–Crippen MR) is 77.2 cm³/mol. The van der Waals surface area contributed by atoms with Gasteiger partial charge in [-0.05, 0) is 32.1 Å². The Morgan fingerprint density at radius 3 is 2.65 bits per heavy atom. The molecular weight excluding hydrogens is 278 g/mol. The summed E-state index contributed by atoms with van der Waals surface area (Å²) in [5.74, 6) is -0.0616. The van der Waals surface area contributed by atoms with Gasteiger partial charge in [-0.15, -0.1) is 0 Å². The molecule has 1 saturated carbocycles. The lowest BCUT2D eigenvalue weighted by molar-refractivity contribution is -0.137. The van der Waals surface area contributed by atoms with E-state index < -0.39 is 15.9 Å². The van der Waals surface area contributed by atoms with Gasteiger partial charge >= 0.3 is 0 Å². The van der Waals surface area contributed by atoms with Crippen LogP contribution in [-0.2, 0) is 19.4 Å². The van der Waals surface area contributed by atoms with Crippen molar-refractivity contribution in [3.05, 3.63) is 0 Å². The van der Waals surface area contributed by atoms with Crippen LogP contribution in [0.5, 0.6) is 0 Å². The molecule has 2 aliphatic rings. The molecule has 0 radical (unpaired) electrons. The van der Waals surface area contributed by atoms with Crippen molar-refractivity contribution >= 4 is 15.6 Å². The van der Waals surface area contributed by atoms with E-state index in [1.807, 2.05) is 0 Å². The number of rotatable bonds is 5. The number of hydrogen-bond acceptors (Lipinski definition) is 5. The first-order valence-electron chi connectivity index (χ1n) is 7.42. The lowest BCUT2D eigenvalue weighted by Crippen LogP contribution is -2.45. The Morgan fingerprint density at radius 1 is 1.40 bits per heavy atom. The fourth-order valence-electron chi connectivity index (χ4n) is 3.42. The minimum Gasteiger partial charge on any atom is -0.375 e. The molecule has 0 amide bonds. The largest absolute Gasteiger partial charge is 0.375 e. The van der Waals surface area contributed by atoms with Gasteiger partial charge in [0.1, 0.15) is 9.84 Å². The summed E-state index contributed by atoms with van der Waals surface area (Å²) in [7, 11) is -3.06. The average molecular weight is 303 g/mol. The molecule has 0 aromatic carbocycles. The molecule has 2 unspecified atom stereocenters. The Balaban J connectivity index is 1.91. The molecule has 2 fully saturated rings. The molecule has 20 heavy (non-hydrogen) atoms. The van der Waals surface area contributed by atoms with Crippen molar-refractivity contribution in [3.8, 4) is 0 Å². The summed E-state index contributed by atoms with van der Waals surface area (Å²) in [6.45, 7) is 0.620. The lowest BCUT2D eigenvalue weighted by atomic mass is 9.80. The maximum atomic E-state index is 12.4. The molecule has 2 N–H and O–H groups in total. The zero-order valence-corrected chi connectivity index (χ0v) is 13.0. The van der Waals surface area contributed by atoms with Crippen LogP contribution < -0.4 is 5.73 Å². The third-order valence-corrected chi connectivity index (χ3v) is 5.55. The molecule has 1 saturated heterocycles. The number of Topliss-reactive ketones (excluding diaryl/α,β-unsaturated/α-hetero) is 1. The Hall–Kier alpha value is -0.460. The van der Waals surface area contributed by atoms with Gasteiger partial charge in [-0.2, -0.15) is 0 Å². The first kappa shape index (κ1) is 15.9. The zero-order chi connectivity index (χ0) is 14.8. The molecule has 0 aromatic heterocycles. The topological polar surface area (TPSA) is 86.5 Å². The Kier molecular flexibility index (Phi) is 4.87. The second-order valence-electron chi connectivity index (χ2n) is 6.36. The maximum Gasteiger partial charge on any atom is 0.152 e. The molecule has 0 aromatic rings. The molecule has 1 heterocycles. The fraction of sp³-hybridized carbons (Fsp3) is 0.929. The molecule has 1 aliphatic carbocycles. The molecule has 2 rings (SSSR count). The van der Waals surface area contributed by atoms with Crippen molar-refractivity contribution in [1.29, 1.82) is 0 Å². The minimum atomic E-state index is -3.06. The van der Waals surface area contributed by atoms with Crippen LogP contribution in [0.3, 0.4) is 0 Å². The van der Waals surface area contributed by atoms with Crippen LogP contribution in [0, 0.1) is 5.92 Å². The molecule has 116 valence electrons. The van der Waals surface area contributed by atoms with Crippen molar-refractivity contribution < 1.29 is 17.9 Å². The van der Waals surface area contributed by atoms with E-state index in [9.17, 15) is 13.2 Å². The van der Waals surface area contributed by atoms with Crippen LogP contribution in [0.25, 0.3) is 0 Å². The molecule has 1 aliphatic heterocycles. The summed E-state index contributed by atoms with van der Waals surface area (Å²) in [6, 6.07) is -0.661. The second kappa shape index (κ2) is 6.12. The van der Waals surface area contributed by atoms with Gasteiger partial charge in [0.2, 0.25) is 0 Å². The Morgan fingerprint density at radius 2 is 2.05 bits per heavy atom. The summed E-state index contributed by atoms with van der Waals surface area (Å²) in [5, 5.41) is 0. The first-order chi connectivity index (χ1) is 9.31. The highest BCUT2D eigenvalue weighted by Crippen LogP contribution is 2.42. The highest BCUT2D eigenvalue weighted by molar-refractivity contribution is 7.90. The number of ether oxygens (including phenoxy) is 1. The molecule has 2 atom stereocenters. The highest BCUT2D eigenvalue weighted by atomic mass is 32.2. The van der Waals surface area contributed by atoms with Crippen molar-refractivity contribution in [1.82, 2.24) is 0 Å². The van der Waals surface area contributed by atoms with Gasteiger partial charge in [0, 0.05) is 18.8 Å². The van der Waals surface area contributed by atoms with Gasteiger partial charge in [-0.25, -0.2) is 8.42 Å². The Labute approximate surface area is 121 Å². The number of nitrogens with two attached hydrogens (primary N) is 1. The quantitative estimate of drug-likeness (QED) is 0.820. The van der Waals surface area contributed by atoms with E-state index in [-0.39, 0.29) is 29.5 Å². The normalized spacial score (nSPS) is 27.6. The number of ketones is 1. The van der Waals surface area contributed by atoms with Crippen LogP contribution in [0.4, 0.5) is 0 Å². The molecular formula is C14H25NO4S. The molecule has 6 heteroatoms. The van der Waals surface area contributed by atoms with Crippen LogP contribution in [0.15, 0.2) is 0 Å². The lowest BCUT2D eigenvalue weighted by Gasteiger charge is -2.38. The van der Waals surface area contributed by atoms with Gasteiger partial charge < -0.3 is 10.5 Å². The van der Waals surface area contributed by atoms with Crippen molar-refractivity contribution in [2.45, 2.75) is 56.6 Å². The third-order valence-electron chi connectivity index (χ3n) is 4.58. The molecule has 5 nitrogen and oxygen atoms in total. The summed E-state index contributed by atoms with van der Waals surface area (Å²) < 4.78 is 28.2. The van der Waals surface area contributed by atoms with E-state index in [2.05, 4.69) is 0 Å². The predicted octanol–water partition coefficient (Wildman–Crippen LogP) is 1.06. The summed E-state index contributed by atoms with van der Waals surface area (Å²) in [5.41, 5.74) is 5.79. The monoisotopic (exact) mass is 303 g/mol. The second-order valence-corrected chi connectivity index (χ2v) is 8.62. The number of sulfone groups is 1. The zero-order valence-electron chi connectivity index (χ0n) is 12.1. The van der Waals surface area contributed by atoms with Crippen molar-refractivity contribution in [3.63, 3.8) is 0 Å². The third kappa shape index (κ3) is 4.02. The van der Waals surface area contributed by atoms with Crippen LogP contribution in [0.1, 0.15) is 44.9 Å². The number of carbonyl (C=O) groups is 1. The summed E-state index contributed by atoms with van der Waals surface area (Å²) >= 11 is 0. The van der Waals surface area contributed by atoms with E-state index in [0.717, 1.165) is 19.3 Å². The number of carbonyl (C=O) groups excluding carboxylic acids is 1. The van der Waals surface area contributed by atoms with Gasteiger partial charge in [0.15, 0.2) is 5.78 Å². The summed E-state index contributed by atoms with van der Waals surface area (Å²) in [4.78, 5) is 12.4. The van der Waals surface area contributed by atoms with Crippen molar-refractivity contribution in [2.24, 2.45) is 11.7 Å². The van der Waals surface area contributed by atoms with E-state index in [0.29, 0.717) is 13.0 Å².